The fraction of sp³-hybridized carbons (Fsp3) is 0.606. The first kappa shape index (κ1) is 28.6. The first-order valence-electron chi connectivity index (χ1n) is 14.7. The molecular weight excluding hydrogens is 442 g/mol. The van der Waals surface area contributed by atoms with Crippen molar-refractivity contribution in [3.63, 3.8) is 0 Å². The second-order valence-corrected chi connectivity index (χ2v) is 10.5. The third-order valence-corrected chi connectivity index (χ3v) is 7.50. The highest BCUT2D eigenvalue weighted by molar-refractivity contribution is 5.64. The summed E-state index contributed by atoms with van der Waals surface area (Å²) in [4.78, 5) is 4.84. The predicted octanol–water partition coefficient (Wildman–Crippen LogP) is 9.79. The Morgan fingerprint density at radius 3 is 2.19 bits per heavy atom. The van der Waals surface area contributed by atoms with Crippen LogP contribution in [0.15, 0.2) is 55.3 Å². The van der Waals surface area contributed by atoms with E-state index in [0.29, 0.717) is 11.8 Å². The standard InChI is InChI=1S/C33H49NO2/c1-4-7-8-9-10-11-12-13-14-19-27-25-35-33(36-26-27)29-22-23-32(34-24-29)31-21-16-15-20-30(31)28(17-5-2)18-6-3/h4,15-16,20-24,27-28,33H,1,5-14,17-19,25-26H2,2-3H3/t27-,33-. The lowest BCUT2D eigenvalue weighted by Gasteiger charge is -2.29. The van der Waals surface area contributed by atoms with E-state index < -0.39 is 0 Å². The molecule has 2 aromatic rings. The average molecular weight is 492 g/mol. The molecule has 0 amide bonds. The quantitative estimate of drug-likeness (QED) is 0.163. The Kier molecular flexibility index (Phi) is 13.3. The molecular formula is C33H49NO2. The fourth-order valence-electron chi connectivity index (χ4n) is 5.45. The monoisotopic (exact) mass is 491 g/mol. The molecule has 0 saturated carbocycles. The van der Waals surface area contributed by atoms with Gasteiger partial charge in [0.25, 0.3) is 0 Å². The lowest BCUT2D eigenvalue weighted by atomic mass is 9.86. The van der Waals surface area contributed by atoms with E-state index in [1.165, 1.54) is 88.2 Å². The van der Waals surface area contributed by atoms with E-state index in [4.69, 9.17) is 14.5 Å². The summed E-state index contributed by atoms with van der Waals surface area (Å²) in [5.74, 6) is 1.11. The topological polar surface area (TPSA) is 31.4 Å². The summed E-state index contributed by atoms with van der Waals surface area (Å²) in [6.45, 7) is 9.92. The number of benzene rings is 1. The Hall–Kier alpha value is -1.97. The van der Waals surface area contributed by atoms with E-state index in [0.717, 1.165) is 30.9 Å². The number of hydrogen-bond donors (Lipinski definition) is 0. The van der Waals surface area contributed by atoms with Gasteiger partial charge in [0.15, 0.2) is 6.29 Å². The van der Waals surface area contributed by atoms with Crippen LogP contribution in [0.25, 0.3) is 11.3 Å². The van der Waals surface area contributed by atoms with E-state index in [2.05, 4.69) is 56.8 Å². The van der Waals surface area contributed by atoms with Crippen LogP contribution in [0.4, 0.5) is 0 Å². The Balaban J connectivity index is 1.44. The number of aromatic nitrogens is 1. The molecule has 0 atom stereocenters. The second-order valence-electron chi connectivity index (χ2n) is 10.5. The molecule has 0 radical (unpaired) electrons. The minimum absolute atomic E-state index is 0.290. The molecule has 0 aliphatic carbocycles. The van der Waals surface area contributed by atoms with E-state index >= 15 is 0 Å². The van der Waals surface area contributed by atoms with Gasteiger partial charge in [-0.15, -0.1) is 6.58 Å². The molecule has 1 aromatic heterocycles. The van der Waals surface area contributed by atoms with Gasteiger partial charge in [-0.1, -0.05) is 102 Å². The fourth-order valence-corrected chi connectivity index (χ4v) is 5.45. The molecule has 3 rings (SSSR count). The van der Waals surface area contributed by atoms with Crippen molar-refractivity contribution in [2.45, 2.75) is 110 Å². The number of allylic oxidation sites excluding steroid dienone is 1. The van der Waals surface area contributed by atoms with Crippen LogP contribution in [0.3, 0.4) is 0 Å². The van der Waals surface area contributed by atoms with Crippen molar-refractivity contribution in [1.82, 2.24) is 4.98 Å². The summed E-state index contributed by atoms with van der Waals surface area (Å²) in [6.07, 6.45) is 20.2. The summed E-state index contributed by atoms with van der Waals surface area (Å²) < 4.78 is 12.2. The van der Waals surface area contributed by atoms with Crippen molar-refractivity contribution in [2.24, 2.45) is 5.92 Å². The van der Waals surface area contributed by atoms with Crippen LogP contribution in [0.2, 0.25) is 0 Å². The van der Waals surface area contributed by atoms with Gasteiger partial charge in [0.2, 0.25) is 0 Å². The Morgan fingerprint density at radius 1 is 0.889 bits per heavy atom. The van der Waals surface area contributed by atoms with Gasteiger partial charge in [-0.25, -0.2) is 0 Å². The number of unbranched alkanes of at least 4 members (excludes halogenated alkanes) is 7. The average Bonchev–Trinajstić information content (AvgIpc) is 2.92. The molecule has 0 unspecified atom stereocenters. The molecule has 1 aromatic carbocycles. The Bertz CT molecular complexity index is 848. The molecule has 1 aliphatic rings. The molecule has 1 aliphatic heterocycles. The lowest BCUT2D eigenvalue weighted by molar-refractivity contribution is -0.206. The van der Waals surface area contributed by atoms with Gasteiger partial charge in [-0.3, -0.25) is 4.98 Å². The smallest absolute Gasteiger partial charge is 0.185 e. The van der Waals surface area contributed by atoms with Gasteiger partial charge in [-0.05, 0) is 49.7 Å². The summed E-state index contributed by atoms with van der Waals surface area (Å²) in [6, 6.07) is 13.1. The highest BCUT2D eigenvalue weighted by atomic mass is 16.7. The zero-order chi connectivity index (χ0) is 25.4. The second kappa shape index (κ2) is 16.7. The third kappa shape index (κ3) is 9.16. The molecule has 36 heavy (non-hydrogen) atoms. The van der Waals surface area contributed by atoms with Crippen molar-refractivity contribution in [2.75, 3.05) is 13.2 Å². The van der Waals surface area contributed by atoms with Crippen LogP contribution in [-0.4, -0.2) is 18.2 Å². The molecule has 1 fully saturated rings. The van der Waals surface area contributed by atoms with Crippen molar-refractivity contribution >= 4 is 0 Å². The summed E-state index contributed by atoms with van der Waals surface area (Å²) >= 11 is 0. The van der Waals surface area contributed by atoms with E-state index in [-0.39, 0.29) is 6.29 Å². The largest absolute Gasteiger partial charge is 0.348 e. The molecule has 0 N–H and O–H groups in total. The van der Waals surface area contributed by atoms with Crippen LogP contribution in [0, 0.1) is 5.92 Å². The van der Waals surface area contributed by atoms with Crippen LogP contribution < -0.4 is 0 Å². The number of rotatable bonds is 17. The SMILES string of the molecule is C=CCCCCCCCCC[C@H]1CO[C@H](c2ccc(-c3ccccc3C(CCC)CCC)nc2)OC1. The zero-order valence-electron chi connectivity index (χ0n) is 22.9. The molecule has 0 spiro atoms. The highest BCUT2D eigenvalue weighted by Crippen LogP contribution is 2.35. The van der Waals surface area contributed by atoms with Crippen molar-refractivity contribution in [3.8, 4) is 11.3 Å². The van der Waals surface area contributed by atoms with Crippen LogP contribution in [0.1, 0.15) is 121 Å². The number of pyridine rings is 1. The maximum Gasteiger partial charge on any atom is 0.185 e. The molecule has 2 heterocycles. The number of nitrogens with zero attached hydrogens (tertiary/aromatic N) is 1. The summed E-state index contributed by atoms with van der Waals surface area (Å²) in [5.41, 5.74) is 4.76. The first-order chi connectivity index (χ1) is 17.8. The minimum atomic E-state index is -0.290. The predicted molar refractivity (Wildman–Crippen MR) is 152 cm³/mol. The molecule has 198 valence electrons. The lowest BCUT2D eigenvalue weighted by Crippen LogP contribution is -2.27. The maximum absolute atomic E-state index is 6.11. The highest BCUT2D eigenvalue weighted by Gasteiger charge is 2.24. The number of ether oxygens (including phenoxy) is 2. The summed E-state index contributed by atoms with van der Waals surface area (Å²) in [5, 5.41) is 0. The van der Waals surface area contributed by atoms with Gasteiger partial charge in [0, 0.05) is 23.2 Å². The summed E-state index contributed by atoms with van der Waals surface area (Å²) in [7, 11) is 0. The molecule has 1 saturated heterocycles. The van der Waals surface area contributed by atoms with Crippen molar-refractivity contribution < 1.29 is 9.47 Å². The van der Waals surface area contributed by atoms with Gasteiger partial charge < -0.3 is 9.47 Å². The normalized spacial score (nSPS) is 18.0. The van der Waals surface area contributed by atoms with Crippen LogP contribution >= 0.6 is 0 Å². The van der Waals surface area contributed by atoms with E-state index in [1.807, 2.05) is 12.3 Å². The van der Waals surface area contributed by atoms with E-state index in [9.17, 15) is 0 Å². The Labute approximate surface area is 220 Å². The third-order valence-electron chi connectivity index (χ3n) is 7.50. The molecule has 0 bridgehead atoms. The van der Waals surface area contributed by atoms with Crippen LogP contribution in [-0.2, 0) is 9.47 Å². The molecule has 3 nitrogen and oxygen atoms in total. The van der Waals surface area contributed by atoms with Gasteiger partial charge in [-0.2, -0.15) is 0 Å². The maximum atomic E-state index is 6.11. The van der Waals surface area contributed by atoms with Crippen LogP contribution in [0.5, 0.6) is 0 Å². The minimum Gasteiger partial charge on any atom is -0.348 e. The van der Waals surface area contributed by atoms with Crippen molar-refractivity contribution in [3.05, 3.63) is 66.4 Å². The van der Waals surface area contributed by atoms with Gasteiger partial charge in [0.05, 0.1) is 18.9 Å². The number of hydrogen-bond acceptors (Lipinski definition) is 3. The zero-order valence-corrected chi connectivity index (χ0v) is 22.9. The Morgan fingerprint density at radius 2 is 1.56 bits per heavy atom. The van der Waals surface area contributed by atoms with E-state index in [1.54, 1.807) is 0 Å². The van der Waals surface area contributed by atoms with Gasteiger partial charge in [0.1, 0.15) is 0 Å². The first-order valence-corrected chi connectivity index (χ1v) is 14.7. The van der Waals surface area contributed by atoms with Gasteiger partial charge >= 0.3 is 0 Å². The molecule has 3 heteroatoms. The van der Waals surface area contributed by atoms with Crippen molar-refractivity contribution in [1.29, 1.82) is 0 Å².